The molecule has 6 nitrogen and oxygen atoms in total. The third-order valence-corrected chi connectivity index (χ3v) is 1.79. The summed E-state index contributed by atoms with van der Waals surface area (Å²) in [6.07, 6.45) is 2.93. The maximum atomic E-state index is 11.5. The van der Waals surface area contributed by atoms with Crippen LogP contribution in [0.15, 0.2) is 23.6 Å². The van der Waals surface area contributed by atoms with Crippen molar-refractivity contribution in [1.29, 1.82) is 0 Å². The normalized spacial score (nSPS) is 10.4. The number of carbonyl (C=O) groups excluding carboxylic acids is 2. The molecule has 0 spiro atoms. The van der Waals surface area contributed by atoms with E-state index in [1.807, 2.05) is 0 Å². The van der Waals surface area contributed by atoms with E-state index >= 15 is 0 Å². The third kappa shape index (κ3) is 5.38. The fourth-order valence-electron chi connectivity index (χ4n) is 1.10. The molecule has 0 bridgehead atoms. The van der Waals surface area contributed by atoms with Gasteiger partial charge in [-0.2, -0.15) is 0 Å². The molecule has 6 heteroatoms. The van der Waals surface area contributed by atoms with Gasteiger partial charge in [0.15, 0.2) is 0 Å². The van der Waals surface area contributed by atoms with Crippen LogP contribution in [0.4, 0.5) is 0 Å². The first-order chi connectivity index (χ1) is 8.46. The van der Waals surface area contributed by atoms with E-state index in [4.69, 9.17) is 4.74 Å². The van der Waals surface area contributed by atoms with E-state index in [0.717, 1.165) is 0 Å². The van der Waals surface area contributed by atoms with Crippen molar-refractivity contribution >= 4 is 11.9 Å². The molecule has 0 aliphatic heterocycles. The lowest BCUT2D eigenvalue weighted by Gasteiger charge is -2.10. The molecule has 0 aromatic heterocycles. The number of allylic oxidation sites excluding steroid dienone is 1. The van der Waals surface area contributed by atoms with Crippen LogP contribution >= 0.6 is 0 Å². The molecule has 0 radical (unpaired) electrons. The van der Waals surface area contributed by atoms with Crippen LogP contribution in [0, 0.1) is 0 Å². The summed E-state index contributed by atoms with van der Waals surface area (Å²) in [6, 6.07) is 0. The second-order valence-corrected chi connectivity index (χ2v) is 3.47. The Hall–Kier alpha value is -1.98. The Morgan fingerprint density at radius 2 is 1.61 bits per heavy atom. The minimum atomic E-state index is -0.772. The van der Waals surface area contributed by atoms with Crippen molar-refractivity contribution in [3.8, 4) is 0 Å². The zero-order valence-corrected chi connectivity index (χ0v) is 11.4. The molecule has 0 N–H and O–H groups in total. The number of carbonyl (C=O) groups is 2. The molecule has 0 saturated carbocycles. The van der Waals surface area contributed by atoms with Gasteiger partial charge in [0.25, 0.3) is 0 Å². The maximum Gasteiger partial charge on any atom is 0.345 e. The zero-order valence-electron chi connectivity index (χ0n) is 11.4. The molecule has 0 rings (SSSR count). The fourth-order valence-corrected chi connectivity index (χ4v) is 1.10. The highest BCUT2D eigenvalue weighted by atomic mass is 16.5. The number of ether oxygens (including phenoxy) is 3. The van der Waals surface area contributed by atoms with E-state index in [-0.39, 0.29) is 5.57 Å². The molecule has 0 saturated heterocycles. The Balaban J connectivity index is 5.33. The summed E-state index contributed by atoms with van der Waals surface area (Å²) in [5, 5.41) is 0. The lowest BCUT2D eigenvalue weighted by atomic mass is 10.2. The van der Waals surface area contributed by atoms with E-state index < -0.39 is 11.9 Å². The first kappa shape index (κ1) is 16.0. The van der Waals surface area contributed by atoms with Crippen molar-refractivity contribution in [2.75, 3.05) is 34.9 Å². The van der Waals surface area contributed by atoms with E-state index in [2.05, 4.69) is 9.47 Å². The van der Waals surface area contributed by atoms with Crippen LogP contribution in [0.25, 0.3) is 0 Å². The highest BCUT2D eigenvalue weighted by Crippen LogP contribution is 2.09. The molecule has 0 atom stereocenters. The SMILES string of the molecule is CCOC(=CN(C)C)C=C(C(=O)OC)C(=O)OC. The Morgan fingerprint density at radius 1 is 1.11 bits per heavy atom. The number of nitrogens with zero attached hydrogens (tertiary/aromatic N) is 1. The summed E-state index contributed by atoms with van der Waals surface area (Å²) in [5.41, 5.74) is -0.221. The number of hydrogen-bond donors (Lipinski definition) is 0. The molecule has 0 aromatic carbocycles. The van der Waals surface area contributed by atoms with Crippen molar-refractivity contribution in [2.45, 2.75) is 6.92 Å². The Labute approximate surface area is 107 Å². The molecule has 0 amide bonds. The van der Waals surface area contributed by atoms with Gasteiger partial charge in [-0.25, -0.2) is 9.59 Å². The van der Waals surface area contributed by atoms with E-state index in [0.29, 0.717) is 12.4 Å². The summed E-state index contributed by atoms with van der Waals surface area (Å²) in [6.45, 7) is 2.21. The second-order valence-electron chi connectivity index (χ2n) is 3.47. The minimum absolute atomic E-state index is 0.221. The minimum Gasteiger partial charge on any atom is -0.492 e. The third-order valence-electron chi connectivity index (χ3n) is 1.79. The molecule has 0 unspecified atom stereocenters. The van der Waals surface area contributed by atoms with Gasteiger partial charge in [0.1, 0.15) is 11.3 Å². The first-order valence-corrected chi connectivity index (χ1v) is 5.35. The lowest BCUT2D eigenvalue weighted by molar-refractivity contribution is -0.144. The standard InChI is InChI=1S/C12H19NO5/c1-6-18-9(8-13(2)3)7-10(11(14)16-4)12(15)17-5/h7-8H,6H2,1-5H3. The molecular weight excluding hydrogens is 238 g/mol. The quantitative estimate of drug-likeness (QED) is 0.174. The average molecular weight is 257 g/mol. The largest absolute Gasteiger partial charge is 0.492 e. The predicted molar refractivity (Wildman–Crippen MR) is 65.5 cm³/mol. The molecule has 0 aliphatic carbocycles. The van der Waals surface area contributed by atoms with Gasteiger partial charge in [-0.1, -0.05) is 0 Å². The number of esters is 2. The van der Waals surface area contributed by atoms with Crippen LogP contribution in [0.1, 0.15) is 6.92 Å². The summed E-state index contributed by atoms with van der Waals surface area (Å²) in [4.78, 5) is 24.6. The topological polar surface area (TPSA) is 65.1 Å². The summed E-state index contributed by atoms with van der Waals surface area (Å²) in [7, 11) is 5.97. The summed E-state index contributed by atoms with van der Waals surface area (Å²) < 4.78 is 14.3. The van der Waals surface area contributed by atoms with Gasteiger partial charge in [0.2, 0.25) is 0 Å². The van der Waals surface area contributed by atoms with Gasteiger partial charge in [0.05, 0.1) is 20.8 Å². The lowest BCUT2D eigenvalue weighted by Crippen LogP contribution is -2.16. The molecular formula is C12H19NO5. The zero-order chi connectivity index (χ0) is 14.1. The van der Waals surface area contributed by atoms with Crippen molar-refractivity contribution < 1.29 is 23.8 Å². The van der Waals surface area contributed by atoms with Crippen LogP contribution in [-0.4, -0.2) is 51.8 Å². The second kappa shape index (κ2) is 8.16. The number of rotatable bonds is 6. The molecule has 102 valence electrons. The molecule has 18 heavy (non-hydrogen) atoms. The van der Waals surface area contributed by atoms with Crippen molar-refractivity contribution in [2.24, 2.45) is 0 Å². The molecule has 0 aromatic rings. The molecule has 0 fully saturated rings. The van der Waals surface area contributed by atoms with Crippen LogP contribution in [0.2, 0.25) is 0 Å². The number of methoxy groups -OCH3 is 2. The Kier molecular flexibility index (Phi) is 7.26. The van der Waals surface area contributed by atoms with Crippen LogP contribution in [0.5, 0.6) is 0 Å². The highest BCUT2D eigenvalue weighted by molar-refractivity contribution is 6.14. The van der Waals surface area contributed by atoms with Gasteiger partial charge in [-0.15, -0.1) is 0 Å². The maximum absolute atomic E-state index is 11.5. The van der Waals surface area contributed by atoms with Crippen LogP contribution in [-0.2, 0) is 23.8 Å². The van der Waals surface area contributed by atoms with Gasteiger partial charge >= 0.3 is 11.9 Å². The molecule has 0 aliphatic rings. The Bertz CT molecular complexity index is 339. The van der Waals surface area contributed by atoms with Gasteiger partial charge < -0.3 is 19.1 Å². The van der Waals surface area contributed by atoms with Crippen molar-refractivity contribution in [3.63, 3.8) is 0 Å². The smallest absolute Gasteiger partial charge is 0.345 e. The fraction of sp³-hybridized carbons (Fsp3) is 0.500. The van der Waals surface area contributed by atoms with E-state index in [1.54, 1.807) is 32.1 Å². The first-order valence-electron chi connectivity index (χ1n) is 5.35. The number of hydrogen-bond acceptors (Lipinski definition) is 6. The van der Waals surface area contributed by atoms with Crippen LogP contribution < -0.4 is 0 Å². The Morgan fingerprint density at radius 3 is 1.94 bits per heavy atom. The van der Waals surface area contributed by atoms with Crippen molar-refractivity contribution in [3.05, 3.63) is 23.6 Å². The van der Waals surface area contributed by atoms with Gasteiger partial charge in [-0.3, -0.25) is 0 Å². The van der Waals surface area contributed by atoms with Crippen molar-refractivity contribution in [1.82, 2.24) is 4.90 Å². The van der Waals surface area contributed by atoms with E-state index in [9.17, 15) is 9.59 Å². The van der Waals surface area contributed by atoms with Crippen LogP contribution in [0.3, 0.4) is 0 Å². The van der Waals surface area contributed by atoms with Gasteiger partial charge in [0, 0.05) is 26.4 Å². The summed E-state index contributed by atoms with van der Waals surface area (Å²) >= 11 is 0. The van der Waals surface area contributed by atoms with E-state index in [1.165, 1.54) is 20.3 Å². The monoisotopic (exact) mass is 257 g/mol. The highest BCUT2D eigenvalue weighted by Gasteiger charge is 2.20. The van der Waals surface area contributed by atoms with Gasteiger partial charge in [-0.05, 0) is 6.92 Å². The molecule has 0 heterocycles. The average Bonchev–Trinajstić information content (AvgIpc) is 2.33. The predicted octanol–water partition coefficient (Wildman–Crippen LogP) is 0.698. The summed E-state index contributed by atoms with van der Waals surface area (Å²) in [5.74, 6) is -1.18.